The van der Waals surface area contributed by atoms with Crippen LogP contribution in [0.25, 0.3) is 0 Å². The molecule has 1 aliphatic heterocycles. The fourth-order valence-corrected chi connectivity index (χ4v) is 3.42. The quantitative estimate of drug-likeness (QED) is 0.842. The Kier molecular flexibility index (Phi) is 5.03. The van der Waals surface area contributed by atoms with Crippen LogP contribution in [0.5, 0.6) is 0 Å². The Balaban J connectivity index is 2.04. The summed E-state index contributed by atoms with van der Waals surface area (Å²) in [6.07, 6.45) is -2.45. The third-order valence-electron chi connectivity index (χ3n) is 3.52. The van der Waals surface area contributed by atoms with Crippen LogP contribution < -0.4 is 11.1 Å². The number of hydrogen-bond acceptors (Lipinski definition) is 3. The lowest BCUT2D eigenvalue weighted by molar-refractivity contribution is -0.137. The van der Waals surface area contributed by atoms with Gasteiger partial charge in [0.1, 0.15) is 0 Å². The number of nitrogens with one attached hydrogen (secondary N) is 1. The SMILES string of the molecule is Nc1ccc(C(F)(F)F)cc1C(=O)NCC1CCSCC1. The number of alkyl halides is 3. The van der Waals surface area contributed by atoms with Crippen molar-refractivity contribution in [3.63, 3.8) is 0 Å². The van der Waals surface area contributed by atoms with E-state index in [0.29, 0.717) is 12.5 Å². The summed E-state index contributed by atoms with van der Waals surface area (Å²) in [4.78, 5) is 12.0. The number of carbonyl (C=O) groups excluding carboxylic acids is 1. The van der Waals surface area contributed by atoms with E-state index >= 15 is 0 Å². The van der Waals surface area contributed by atoms with Gasteiger partial charge in [-0.2, -0.15) is 24.9 Å². The summed E-state index contributed by atoms with van der Waals surface area (Å²) in [7, 11) is 0. The van der Waals surface area contributed by atoms with Crippen molar-refractivity contribution in [1.82, 2.24) is 5.32 Å². The van der Waals surface area contributed by atoms with E-state index in [1.54, 1.807) is 0 Å². The van der Waals surface area contributed by atoms with Gasteiger partial charge in [-0.3, -0.25) is 4.79 Å². The number of nitrogens with two attached hydrogens (primary N) is 1. The van der Waals surface area contributed by atoms with Gasteiger partial charge < -0.3 is 11.1 Å². The van der Waals surface area contributed by atoms with Gasteiger partial charge in [-0.15, -0.1) is 0 Å². The lowest BCUT2D eigenvalue weighted by Gasteiger charge is -2.21. The first-order valence-electron chi connectivity index (χ1n) is 6.70. The second-order valence-corrected chi connectivity index (χ2v) is 6.29. The van der Waals surface area contributed by atoms with Crippen molar-refractivity contribution >= 4 is 23.4 Å². The molecule has 1 saturated heterocycles. The number of halogens is 3. The lowest BCUT2D eigenvalue weighted by atomic mass is 10.0. The molecule has 3 nitrogen and oxygen atoms in total. The van der Waals surface area contributed by atoms with Crippen LogP contribution in [0.1, 0.15) is 28.8 Å². The maximum Gasteiger partial charge on any atom is 0.416 e. The zero-order valence-electron chi connectivity index (χ0n) is 11.4. The average Bonchev–Trinajstić information content (AvgIpc) is 2.45. The third kappa shape index (κ3) is 4.30. The summed E-state index contributed by atoms with van der Waals surface area (Å²) in [5.74, 6) is 1.97. The molecule has 1 heterocycles. The average molecular weight is 318 g/mol. The first-order valence-corrected chi connectivity index (χ1v) is 7.86. The van der Waals surface area contributed by atoms with Crippen LogP contribution in [-0.2, 0) is 6.18 Å². The van der Waals surface area contributed by atoms with Crippen LogP contribution in [0, 0.1) is 5.92 Å². The first-order chi connectivity index (χ1) is 9.88. The molecule has 0 aliphatic carbocycles. The fraction of sp³-hybridized carbons (Fsp3) is 0.500. The zero-order chi connectivity index (χ0) is 15.5. The van der Waals surface area contributed by atoms with E-state index < -0.39 is 17.6 Å². The molecule has 7 heteroatoms. The second kappa shape index (κ2) is 6.60. The predicted octanol–water partition coefficient (Wildman–Crippen LogP) is 3.16. The summed E-state index contributed by atoms with van der Waals surface area (Å²) in [6.45, 7) is 0.481. The van der Waals surface area contributed by atoms with E-state index in [1.165, 1.54) is 0 Å². The van der Waals surface area contributed by atoms with Gasteiger partial charge >= 0.3 is 6.18 Å². The van der Waals surface area contributed by atoms with Crippen LogP contribution >= 0.6 is 11.8 Å². The van der Waals surface area contributed by atoms with E-state index in [2.05, 4.69) is 5.32 Å². The molecule has 0 spiro atoms. The van der Waals surface area contributed by atoms with Crippen molar-refractivity contribution < 1.29 is 18.0 Å². The fourth-order valence-electron chi connectivity index (χ4n) is 2.21. The monoisotopic (exact) mass is 318 g/mol. The molecule has 0 atom stereocenters. The number of anilines is 1. The predicted molar refractivity (Wildman–Crippen MR) is 78.2 cm³/mol. The van der Waals surface area contributed by atoms with Crippen molar-refractivity contribution in [2.75, 3.05) is 23.8 Å². The molecule has 0 unspecified atom stereocenters. The Labute approximate surface area is 125 Å². The van der Waals surface area contributed by atoms with Crippen LogP contribution in [0.15, 0.2) is 18.2 Å². The molecule has 116 valence electrons. The number of carbonyl (C=O) groups is 1. The van der Waals surface area contributed by atoms with Crippen molar-refractivity contribution in [3.05, 3.63) is 29.3 Å². The summed E-state index contributed by atoms with van der Waals surface area (Å²) in [5, 5.41) is 2.69. The standard InChI is InChI=1S/C14H17F3N2OS/c15-14(16,17)10-1-2-12(18)11(7-10)13(20)19-8-9-3-5-21-6-4-9/h1-2,7,9H,3-6,8,18H2,(H,19,20). The number of hydrogen-bond donors (Lipinski definition) is 2. The highest BCUT2D eigenvalue weighted by molar-refractivity contribution is 7.99. The number of rotatable bonds is 3. The Bertz CT molecular complexity index is 513. The normalized spacial score (nSPS) is 16.7. The van der Waals surface area contributed by atoms with Gasteiger partial charge in [-0.1, -0.05) is 0 Å². The van der Waals surface area contributed by atoms with Crippen molar-refractivity contribution in [2.45, 2.75) is 19.0 Å². The topological polar surface area (TPSA) is 55.1 Å². The van der Waals surface area contributed by atoms with E-state index in [1.807, 2.05) is 11.8 Å². The van der Waals surface area contributed by atoms with Gasteiger partial charge in [0.2, 0.25) is 0 Å². The third-order valence-corrected chi connectivity index (χ3v) is 4.57. The van der Waals surface area contributed by atoms with Gasteiger partial charge in [0.25, 0.3) is 5.91 Å². The smallest absolute Gasteiger partial charge is 0.398 e. The van der Waals surface area contributed by atoms with E-state index in [9.17, 15) is 18.0 Å². The molecule has 0 saturated carbocycles. The van der Waals surface area contributed by atoms with Gasteiger partial charge in [0.05, 0.1) is 11.1 Å². The van der Waals surface area contributed by atoms with Crippen molar-refractivity contribution in [1.29, 1.82) is 0 Å². The lowest BCUT2D eigenvalue weighted by Crippen LogP contribution is -2.31. The van der Waals surface area contributed by atoms with Crippen LogP contribution in [0.4, 0.5) is 18.9 Å². The van der Waals surface area contributed by atoms with Crippen molar-refractivity contribution in [2.24, 2.45) is 5.92 Å². The van der Waals surface area contributed by atoms with Crippen LogP contribution in [0.2, 0.25) is 0 Å². The minimum atomic E-state index is -4.48. The highest BCUT2D eigenvalue weighted by atomic mass is 32.2. The molecule has 1 aromatic rings. The molecule has 0 bridgehead atoms. The summed E-state index contributed by atoms with van der Waals surface area (Å²) in [6, 6.07) is 2.81. The molecular weight excluding hydrogens is 301 g/mol. The Morgan fingerprint density at radius 2 is 2.00 bits per heavy atom. The molecule has 1 amide bonds. The molecule has 0 radical (unpaired) electrons. The molecule has 1 fully saturated rings. The first kappa shape index (κ1) is 16.0. The van der Waals surface area contributed by atoms with Gasteiger partial charge in [0.15, 0.2) is 0 Å². The second-order valence-electron chi connectivity index (χ2n) is 5.07. The number of thioether (sulfide) groups is 1. The minimum absolute atomic E-state index is 0.0553. The molecule has 2 rings (SSSR count). The number of amides is 1. The summed E-state index contributed by atoms with van der Waals surface area (Å²) in [5.41, 5.74) is 4.69. The van der Waals surface area contributed by atoms with E-state index in [0.717, 1.165) is 42.5 Å². The molecule has 1 aromatic carbocycles. The van der Waals surface area contributed by atoms with Crippen LogP contribution in [0.3, 0.4) is 0 Å². The largest absolute Gasteiger partial charge is 0.416 e. The summed E-state index contributed by atoms with van der Waals surface area (Å²) >= 11 is 1.88. The minimum Gasteiger partial charge on any atom is -0.398 e. The van der Waals surface area contributed by atoms with Gasteiger partial charge in [-0.05, 0) is 48.5 Å². The molecule has 3 N–H and O–H groups in total. The van der Waals surface area contributed by atoms with Crippen LogP contribution in [-0.4, -0.2) is 24.0 Å². The highest BCUT2D eigenvalue weighted by Gasteiger charge is 2.31. The maximum absolute atomic E-state index is 12.7. The zero-order valence-corrected chi connectivity index (χ0v) is 12.2. The van der Waals surface area contributed by atoms with E-state index in [4.69, 9.17) is 5.73 Å². The Morgan fingerprint density at radius 1 is 1.33 bits per heavy atom. The van der Waals surface area contributed by atoms with Gasteiger partial charge in [0, 0.05) is 12.2 Å². The van der Waals surface area contributed by atoms with Crippen molar-refractivity contribution in [3.8, 4) is 0 Å². The summed E-state index contributed by atoms with van der Waals surface area (Å²) < 4.78 is 38.0. The highest BCUT2D eigenvalue weighted by Crippen LogP contribution is 2.31. The molecule has 21 heavy (non-hydrogen) atoms. The van der Waals surface area contributed by atoms with E-state index in [-0.39, 0.29) is 11.3 Å². The maximum atomic E-state index is 12.7. The van der Waals surface area contributed by atoms with Gasteiger partial charge in [-0.25, -0.2) is 0 Å². The number of nitrogen functional groups attached to an aromatic ring is 1. The Morgan fingerprint density at radius 3 is 2.62 bits per heavy atom. The molecule has 1 aliphatic rings. The molecular formula is C14H17F3N2OS. The molecule has 0 aromatic heterocycles. The Hall–Kier alpha value is -1.37. The number of benzene rings is 1.